The molecule has 4 rings (SSSR count). The first kappa shape index (κ1) is 17.9. The van der Waals surface area contributed by atoms with E-state index in [4.69, 9.17) is 0 Å². The molecule has 1 aliphatic heterocycles. The van der Waals surface area contributed by atoms with Crippen LogP contribution in [0.3, 0.4) is 0 Å². The second kappa shape index (κ2) is 8.02. The van der Waals surface area contributed by atoms with Crippen molar-refractivity contribution >= 4 is 11.6 Å². The highest BCUT2D eigenvalue weighted by Crippen LogP contribution is 2.21. The number of aryl methyl sites for hydroxylation is 1. The number of aliphatic hydroxyl groups is 1. The standard InChI is InChI=1S/C20H26N6O/c1-15-11-19(26-20(24-15)22-14-23-26)21-12-16-7-9-25(10-8-16)13-18(27)17-5-3-2-4-6-17/h2-6,11,14,16,18,21,27H,7-10,12-13H2,1H3. The zero-order valence-corrected chi connectivity index (χ0v) is 15.6. The smallest absolute Gasteiger partial charge is 0.254 e. The summed E-state index contributed by atoms with van der Waals surface area (Å²) in [6.45, 7) is 5.62. The summed E-state index contributed by atoms with van der Waals surface area (Å²) in [5, 5.41) is 18.2. The number of benzene rings is 1. The zero-order chi connectivity index (χ0) is 18.6. The van der Waals surface area contributed by atoms with Crippen LogP contribution in [0.1, 0.15) is 30.2 Å². The topological polar surface area (TPSA) is 78.6 Å². The van der Waals surface area contributed by atoms with Gasteiger partial charge in [0.25, 0.3) is 5.78 Å². The van der Waals surface area contributed by atoms with Crippen molar-refractivity contribution in [2.24, 2.45) is 5.92 Å². The van der Waals surface area contributed by atoms with Crippen molar-refractivity contribution in [3.63, 3.8) is 0 Å². The summed E-state index contributed by atoms with van der Waals surface area (Å²) in [4.78, 5) is 10.9. The van der Waals surface area contributed by atoms with Crippen molar-refractivity contribution in [3.8, 4) is 0 Å². The molecule has 0 spiro atoms. The molecule has 1 fully saturated rings. The van der Waals surface area contributed by atoms with Crippen LogP contribution in [0.5, 0.6) is 0 Å². The lowest BCUT2D eigenvalue weighted by Gasteiger charge is -2.33. The summed E-state index contributed by atoms with van der Waals surface area (Å²) in [6.07, 6.45) is 3.36. The fraction of sp³-hybridized carbons (Fsp3) is 0.450. The summed E-state index contributed by atoms with van der Waals surface area (Å²) >= 11 is 0. The van der Waals surface area contributed by atoms with Crippen molar-refractivity contribution < 1.29 is 5.11 Å². The minimum Gasteiger partial charge on any atom is -0.387 e. The van der Waals surface area contributed by atoms with Crippen molar-refractivity contribution in [1.29, 1.82) is 0 Å². The van der Waals surface area contributed by atoms with Gasteiger partial charge in [-0.3, -0.25) is 0 Å². The quantitative estimate of drug-likeness (QED) is 0.697. The first-order chi connectivity index (χ1) is 13.2. The highest BCUT2D eigenvalue weighted by atomic mass is 16.3. The van der Waals surface area contributed by atoms with Crippen molar-refractivity contribution in [2.45, 2.75) is 25.9 Å². The van der Waals surface area contributed by atoms with E-state index < -0.39 is 6.10 Å². The fourth-order valence-electron chi connectivity index (χ4n) is 3.70. The summed E-state index contributed by atoms with van der Waals surface area (Å²) in [6, 6.07) is 11.9. The van der Waals surface area contributed by atoms with E-state index in [2.05, 4.69) is 25.3 Å². The molecule has 0 aliphatic carbocycles. The van der Waals surface area contributed by atoms with Gasteiger partial charge in [-0.25, -0.2) is 4.98 Å². The molecule has 1 atom stereocenters. The van der Waals surface area contributed by atoms with E-state index in [-0.39, 0.29) is 0 Å². The molecule has 3 heterocycles. The third-order valence-corrected chi connectivity index (χ3v) is 5.27. The third kappa shape index (κ3) is 4.26. The van der Waals surface area contributed by atoms with Crippen LogP contribution >= 0.6 is 0 Å². The van der Waals surface area contributed by atoms with Crippen LogP contribution in [0.15, 0.2) is 42.7 Å². The predicted molar refractivity (Wildman–Crippen MR) is 105 cm³/mol. The minimum absolute atomic E-state index is 0.415. The van der Waals surface area contributed by atoms with Gasteiger partial charge in [-0.05, 0) is 44.3 Å². The summed E-state index contributed by atoms with van der Waals surface area (Å²) in [7, 11) is 0. The van der Waals surface area contributed by atoms with E-state index in [1.165, 1.54) is 6.33 Å². The van der Waals surface area contributed by atoms with E-state index in [0.29, 0.717) is 18.2 Å². The highest BCUT2D eigenvalue weighted by molar-refractivity contribution is 5.44. The lowest BCUT2D eigenvalue weighted by atomic mass is 9.96. The average molecular weight is 366 g/mol. The van der Waals surface area contributed by atoms with Gasteiger partial charge >= 0.3 is 0 Å². The van der Waals surface area contributed by atoms with E-state index >= 15 is 0 Å². The Kier molecular flexibility index (Phi) is 5.31. The Morgan fingerprint density at radius 1 is 1.22 bits per heavy atom. The Morgan fingerprint density at radius 3 is 2.78 bits per heavy atom. The molecule has 0 radical (unpaired) electrons. The van der Waals surface area contributed by atoms with Gasteiger partial charge in [0.15, 0.2) is 0 Å². The molecular formula is C20H26N6O. The Balaban J connectivity index is 1.28. The van der Waals surface area contributed by atoms with Gasteiger partial charge in [0.1, 0.15) is 12.1 Å². The van der Waals surface area contributed by atoms with E-state index in [9.17, 15) is 5.11 Å². The number of likely N-dealkylation sites (tertiary alicyclic amines) is 1. The fourth-order valence-corrected chi connectivity index (χ4v) is 3.70. The third-order valence-electron chi connectivity index (χ3n) is 5.27. The first-order valence-electron chi connectivity index (χ1n) is 9.55. The maximum atomic E-state index is 10.4. The Bertz CT molecular complexity index is 873. The number of hydrogen-bond donors (Lipinski definition) is 2. The second-order valence-corrected chi connectivity index (χ2v) is 7.31. The number of aliphatic hydroxyl groups excluding tert-OH is 1. The van der Waals surface area contributed by atoms with Gasteiger partial charge in [-0.1, -0.05) is 30.3 Å². The van der Waals surface area contributed by atoms with E-state index in [0.717, 1.165) is 49.6 Å². The van der Waals surface area contributed by atoms with Gasteiger partial charge in [0, 0.05) is 24.8 Å². The number of nitrogens with one attached hydrogen (secondary N) is 1. The number of aromatic nitrogens is 4. The molecule has 7 nitrogen and oxygen atoms in total. The van der Waals surface area contributed by atoms with Crippen LogP contribution < -0.4 is 5.32 Å². The molecular weight excluding hydrogens is 340 g/mol. The maximum Gasteiger partial charge on any atom is 0.254 e. The second-order valence-electron chi connectivity index (χ2n) is 7.31. The van der Waals surface area contributed by atoms with Crippen LogP contribution in [0.25, 0.3) is 5.78 Å². The van der Waals surface area contributed by atoms with E-state index in [1.54, 1.807) is 4.52 Å². The molecule has 1 aliphatic rings. The van der Waals surface area contributed by atoms with Gasteiger partial charge < -0.3 is 15.3 Å². The molecule has 27 heavy (non-hydrogen) atoms. The number of rotatable bonds is 6. The molecule has 2 aromatic heterocycles. The maximum absolute atomic E-state index is 10.4. The average Bonchev–Trinajstić information content (AvgIpc) is 3.16. The number of piperidine rings is 1. The predicted octanol–water partition coefficient (Wildman–Crippen LogP) is 2.29. The highest BCUT2D eigenvalue weighted by Gasteiger charge is 2.21. The zero-order valence-electron chi connectivity index (χ0n) is 15.6. The molecule has 7 heteroatoms. The SMILES string of the molecule is Cc1cc(NCC2CCN(CC(O)c3ccccc3)CC2)n2ncnc2n1. The van der Waals surface area contributed by atoms with Gasteiger partial charge in [-0.2, -0.15) is 14.6 Å². The van der Waals surface area contributed by atoms with Crippen LogP contribution in [0, 0.1) is 12.8 Å². The van der Waals surface area contributed by atoms with Crippen LogP contribution in [0.2, 0.25) is 0 Å². The molecule has 0 saturated carbocycles. The number of fused-ring (bicyclic) bond motifs is 1. The minimum atomic E-state index is -0.415. The molecule has 0 bridgehead atoms. The lowest BCUT2D eigenvalue weighted by molar-refractivity contribution is 0.0909. The molecule has 1 unspecified atom stereocenters. The van der Waals surface area contributed by atoms with Crippen LogP contribution in [0.4, 0.5) is 5.82 Å². The normalized spacial score (nSPS) is 17.3. The van der Waals surface area contributed by atoms with Crippen molar-refractivity contribution in [1.82, 2.24) is 24.5 Å². The van der Waals surface area contributed by atoms with Gasteiger partial charge in [0.2, 0.25) is 0 Å². The summed E-state index contributed by atoms with van der Waals surface area (Å²) in [5.74, 6) is 2.18. The number of nitrogens with zero attached hydrogens (tertiary/aromatic N) is 5. The largest absolute Gasteiger partial charge is 0.387 e. The summed E-state index contributed by atoms with van der Waals surface area (Å²) in [5.41, 5.74) is 1.92. The Labute approximate surface area is 159 Å². The lowest BCUT2D eigenvalue weighted by Crippen LogP contribution is -2.38. The molecule has 0 amide bonds. The number of β-amino-alcohol motifs (C(OH)–C–C–N with tert-alkyl or cyclic N) is 1. The van der Waals surface area contributed by atoms with Gasteiger partial charge in [0.05, 0.1) is 6.10 Å². The molecule has 1 aromatic carbocycles. The monoisotopic (exact) mass is 366 g/mol. The van der Waals surface area contributed by atoms with Crippen molar-refractivity contribution in [3.05, 3.63) is 54.0 Å². The van der Waals surface area contributed by atoms with Crippen LogP contribution in [-0.2, 0) is 0 Å². The summed E-state index contributed by atoms with van der Waals surface area (Å²) < 4.78 is 1.75. The van der Waals surface area contributed by atoms with Crippen molar-refractivity contribution in [2.75, 3.05) is 31.5 Å². The molecule has 1 saturated heterocycles. The van der Waals surface area contributed by atoms with Crippen LogP contribution in [-0.4, -0.2) is 55.8 Å². The number of hydrogen-bond acceptors (Lipinski definition) is 6. The molecule has 142 valence electrons. The molecule has 2 N–H and O–H groups in total. The molecule has 3 aromatic rings. The number of anilines is 1. The first-order valence-corrected chi connectivity index (χ1v) is 9.55. The Morgan fingerprint density at radius 2 is 2.00 bits per heavy atom. The van der Waals surface area contributed by atoms with E-state index in [1.807, 2.05) is 43.3 Å². The Hall–Kier alpha value is -2.51. The van der Waals surface area contributed by atoms with Gasteiger partial charge in [-0.15, -0.1) is 0 Å².